The molecular formula is C20H24N2O2S3. The van der Waals surface area contributed by atoms with E-state index in [9.17, 15) is 8.42 Å². The van der Waals surface area contributed by atoms with Crippen LogP contribution in [-0.4, -0.2) is 49.9 Å². The van der Waals surface area contributed by atoms with Gasteiger partial charge in [-0.3, -0.25) is 0 Å². The van der Waals surface area contributed by atoms with Crippen LogP contribution in [0.4, 0.5) is 0 Å². The molecule has 27 heavy (non-hydrogen) atoms. The van der Waals surface area contributed by atoms with E-state index >= 15 is 0 Å². The van der Waals surface area contributed by atoms with Gasteiger partial charge >= 0.3 is 0 Å². The fraction of sp³-hybridized carbons (Fsp3) is 0.300. The van der Waals surface area contributed by atoms with Crippen molar-refractivity contribution in [1.29, 1.82) is 0 Å². The minimum Gasteiger partial charge on any atom is -0.309 e. The molecule has 0 fully saturated rings. The van der Waals surface area contributed by atoms with Crippen molar-refractivity contribution in [3.05, 3.63) is 54.2 Å². The molecule has 3 rings (SSSR count). The van der Waals surface area contributed by atoms with E-state index in [1.54, 1.807) is 47.8 Å². The van der Waals surface area contributed by atoms with Gasteiger partial charge in [-0.15, -0.1) is 23.5 Å². The van der Waals surface area contributed by atoms with E-state index in [2.05, 4.69) is 11.0 Å². The van der Waals surface area contributed by atoms with Crippen molar-refractivity contribution >= 4 is 44.4 Å². The van der Waals surface area contributed by atoms with E-state index < -0.39 is 10.0 Å². The van der Waals surface area contributed by atoms with Crippen molar-refractivity contribution in [2.45, 2.75) is 21.6 Å². The molecule has 4 nitrogen and oxygen atoms in total. The standard InChI is InChI=1S/C20H24N2O2S3/c1-15-20(26-13-12-21(2)3)18-14-16(25-4)10-11-19(18)22(15)27(23,24)17-8-6-5-7-9-17/h5-11,14H,12-13H2,1-4H3. The molecule has 0 spiro atoms. The molecule has 0 saturated carbocycles. The number of hydrogen-bond donors (Lipinski definition) is 0. The normalized spacial score (nSPS) is 12.2. The van der Waals surface area contributed by atoms with Gasteiger partial charge in [-0.1, -0.05) is 18.2 Å². The molecule has 0 saturated heterocycles. The fourth-order valence-electron chi connectivity index (χ4n) is 2.99. The van der Waals surface area contributed by atoms with Crippen LogP contribution in [-0.2, 0) is 10.0 Å². The van der Waals surface area contributed by atoms with Gasteiger partial charge in [0.2, 0.25) is 0 Å². The topological polar surface area (TPSA) is 42.3 Å². The summed E-state index contributed by atoms with van der Waals surface area (Å²) in [5.74, 6) is 0.905. The first kappa shape index (κ1) is 20.3. The van der Waals surface area contributed by atoms with E-state index in [4.69, 9.17) is 0 Å². The van der Waals surface area contributed by atoms with Crippen LogP contribution in [0.1, 0.15) is 5.69 Å². The Morgan fingerprint density at radius 2 is 1.78 bits per heavy atom. The Morgan fingerprint density at radius 1 is 1.07 bits per heavy atom. The van der Waals surface area contributed by atoms with E-state index in [1.165, 1.54) is 3.97 Å². The van der Waals surface area contributed by atoms with Crippen molar-refractivity contribution < 1.29 is 8.42 Å². The van der Waals surface area contributed by atoms with Crippen molar-refractivity contribution in [2.24, 2.45) is 0 Å². The highest BCUT2D eigenvalue weighted by Gasteiger charge is 2.25. The lowest BCUT2D eigenvalue weighted by Gasteiger charge is -2.11. The van der Waals surface area contributed by atoms with Crippen molar-refractivity contribution in [2.75, 3.05) is 32.6 Å². The van der Waals surface area contributed by atoms with Crippen molar-refractivity contribution in [3.63, 3.8) is 0 Å². The maximum atomic E-state index is 13.4. The Kier molecular flexibility index (Phi) is 6.25. The fourth-order valence-corrected chi connectivity index (χ4v) is 6.35. The number of hydrogen-bond acceptors (Lipinski definition) is 5. The van der Waals surface area contributed by atoms with Gasteiger partial charge in [0.05, 0.1) is 10.4 Å². The van der Waals surface area contributed by atoms with Crippen molar-refractivity contribution in [3.8, 4) is 0 Å². The van der Waals surface area contributed by atoms with Crippen LogP contribution in [0.2, 0.25) is 0 Å². The summed E-state index contributed by atoms with van der Waals surface area (Å²) in [6.07, 6.45) is 2.03. The molecule has 0 bridgehead atoms. The Bertz CT molecular complexity index is 1040. The molecule has 7 heteroatoms. The molecule has 0 aliphatic heterocycles. The molecule has 0 radical (unpaired) electrons. The average Bonchev–Trinajstić information content (AvgIpc) is 2.93. The van der Waals surface area contributed by atoms with Crippen LogP contribution in [0.5, 0.6) is 0 Å². The highest BCUT2D eigenvalue weighted by atomic mass is 32.2. The predicted octanol–water partition coefficient (Wildman–Crippen LogP) is 4.56. The molecule has 144 valence electrons. The van der Waals surface area contributed by atoms with Gasteiger partial charge in [-0.05, 0) is 57.6 Å². The summed E-state index contributed by atoms with van der Waals surface area (Å²) in [5, 5.41) is 1.00. The molecule has 1 aromatic heterocycles. The highest BCUT2D eigenvalue weighted by molar-refractivity contribution is 7.99. The summed E-state index contributed by atoms with van der Waals surface area (Å²) in [6.45, 7) is 2.83. The highest BCUT2D eigenvalue weighted by Crippen LogP contribution is 2.38. The van der Waals surface area contributed by atoms with Crippen LogP contribution in [0, 0.1) is 6.92 Å². The lowest BCUT2D eigenvalue weighted by Crippen LogP contribution is -2.15. The molecule has 2 aromatic carbocycles. The van der Waals surface area contributed by atoms with Gasteiger partial charge < -0.3 is 4.90 Å². The number of aromatic nitrogens is 1. The third kappa shape index (κ3) is 4.06. The lowest BCUT2D eigenvalue weighted by molar-refractivity contribution is 0.437. The minimum absolute atomic E-state index is 0.309. The molecule has 0 N–H and O–H groups in total. The van der Waals surface area contributed by atoms with Crippen LogP contribution < -0.4 is 0 Å². The molecule has 0 atom stereocenters. The summed E-state index contributed by atoms with van der Waals surface area (Å²) in [7, 11) is 0.438. The number of benzene rings is 2. The second-order valence-electron chi connectivity index (χ2n) is 6.53. The number of nitrogens with zero attached hydrogens (tertiary/aromatic N) is 2. The van der Waals surface area contributed by atoms with Crippen molar-refractivity contribution in [1.82, 2.24) is 8.87 Å². The van der Waals surface area contributed by atoms with Gasteiger partial charge in [-0.25, -0.2) is 12.4 Å². The zero-order valence-electron chi connectivity index (χ0n) is 16.0. The van der Waals surface area contributed by atoms with E-state index in [1.807, 2.05) is 45.5 Å². The van der Waals surface area contributed by atoms with Gasteiger partial charge in [0.1, 0.15) is 0 Å². The maximum Gasteiger partial charge on any atom is 0.268 e. The SMILES string of the molecule is CSc1ccc2c(c1)c(SCCN(C)C)c(C)n2S(=O)(=O)c1ccccc1. The van der Waals surface area contributed by atoms with E-state index in [0.29, 0.717) is 4.90 Å². The molecular weight excluding hydrogens is 396 g/mol. The number of fused-ring (bicyclic) bond motifs is 1. The first-order chi connectivity index (χ1) is 12.9. The predicted molar refractivity (Wildman–Crippen MR) is 117 cm³/mol. The van der Waals surface area contributed by atoms with Gasteiger partial charge in [0.15, 0.2) is 0 Å². The third-order valence-corrected chi connectivity index (χ3v) is 8.10. The Hall–Kier alpha value is -1.41. The van der Waals surface area contributed by atoms with Gasteiger partial charge in [-0.2, -0.15) is 0 Å². The van der Waals surface area contributed by atoms with Crippen LogP contribution in [0.25, 0.3) is 10.9 Å². The quantitative estimate of drug-likeness (QED) is 0.524. The lowest BCUT2D eigenvalue weighted by atomic mass is 10.2. The summed E-state index contributed by atoms with van der Waals surface area (Å²) >= 11 is 3.38. The Morgan fingerprint density at radius 3 is 2.41 bits per heavy atom. The van der Waals surface area contributed by atoms with Gasteiger partial charge in [0, 0.05) is 33.2 Å². The molecule has 0 unspecified atom stereocenters. The average molecular weight is 421 g/mol. The first-order valence-corrected chi connectivity index (χ1v) is 12.3. The summed E-state index contributed by atoms with van der Waals surface area (Å²) in [4.78, 5) is 4.62. The smallest absolute Gasteiger partial charge is 0.268 e. The maximum absolute atomic E-state index is 13.4. The summed E-state index contributed by atoms with van der Waals surface area (Å²) in [6, 6.07) is 14.6. The minimum atomic E-state index is -3.65. The van der Waals surface area contributed by atoms with Crippen LogP contribution in [0.3, 0.4) is 0 Å². The number of thioether (sulfide) groups is 2. The van der Waals surface area contributed by atoms with Crippen LogP contribution >= 0.6 is 23.5 Å². The van der Waals surface area contributed by atoms with Crippen LogP contribution in [0.15, 0.2) is 63.2 Å². The Balaban J connectivity index is 2.20. The monoisotopic (exact) mass is 420 g/mol. The molecule has 3 aromatic rings. The second kappa shape index (κ2) is 8.31. The second-order valence-corrected chi connectivity index (χ2v) is 10.3. The molecule has 0 aliphatic carbocycles. The van der Waals surface area contributed by atoms with E-state index in [-0.39, 0.29) is 0 Å². The summed E-state index contributed by atoms with van der Waals surface area (Å²) in [5.41, 5.74) is 1.51. The first-order valence-electron chi connectivity index (χ1n) is 8.63. The Labute approximate surface area is 170 Å². The number of rotatable bonds is 7. The molecule has 1 heterocycles. The molecule has 0 amide bonds. The third-order valence-electron chi connectivity index (χ3n) is 4.37. The zero-order chi connectivity index (χ0) is 19.6. The molecule has 0 aliphatic rings. The largest absolute Gasteiger partial charge is 0.309 e. The summed E-state index contributed by atoms with van der Waals surface area (Å²) < 4.78 is 28.2. The zero-order valence-corrected chi connectivity index (χ0v) is 18.4. The van der Waals surface area contributed by atoms with Gasteiger partial charge in [0.25, 0.3) is 10.0 Å². The van der Waals surface area contributed by atoms with E-state index in [0.717, 1.165) is 38.7 Å².